The highest BCUT2D eigenvalue weighted by atomic mass is 15.1. The fraction of sp³-hybridized carbons (Fsp3) is 0.600. The smallest absolute Gasteiger partial charge is 0.0364 e. The Morgan fingerprint density at radius 2 is 2.12 bits per heavy atom. The summed E-state index contributed by atoms with van der Waals surface area (Å²) >= 11 is 0. The normalized spacial score (nSPS) is 16.9. The monoisotopic (exact) mass is 232 g/mol. The molecule has 1 fully saturated rings. The van der Waals surface area contributed by atoms with Crippen LogP contribution in [0, 0.1) is 5.92 Å². The Morgan fingerprint density at radius 1 is 1.35 bits per heavy atom. The summed E-state index contributed by atoms with van der Waals surface area (Å²) in [7, 11) is 6.26. The van der Waals surface area contributed by atoms with Crippen molar-refractivity contribution in [3.05, 3.63) is 29.8 Å². The van der Waals surface area contributed by atoms with Crippen LogP contribution in [-0.2, 0) is 0 Å². The molecule has 1 atom stereocenters. The van der Waals surface area contributed by atoms with Crippen molar-refractivity contribution in [2.45, 2.75) is 31.7 Å². The molecule has 0 spiro atoms. The average molecular weight is 232 g/mol. The minimum atomic E-state index is 0.510. The zero-order chi connectivity index (χ0) is 12.3. The van der Waals surface area contributed by atoms with Crippen LogP contribution in [-0.4, -0.2) is 21.1 Å². The zero-order valence-corrected chi connectivity index (χ0v) is 11.2. The summed E-state index contributed by atoms with van der Waals surface area (Å²) in [5, 5.41) is 3.45. The van der Waals surface area contributed by atoms with Crippen molar-refractivity contribution in [1.82, 2.24) is 5.32 Å². The van der Waals surface area contributed by atoms with Gasteiger partial charge in [-0.05, 0) is 43.5 Å². The van der Waals surface area contributed by atoms with E-state index in [0.717, 1.165) is 5.92 Å². The molecule has 1 aliphatic carbocycles. The van der Waals surface area contributed by atoms with Crippen LogP contribution in [0.2, 0.25) is 0 Å². The molecule has 1 N–H and O–H groups in total. The molecule has 1 aliphatic rings. The highest BCUT2D eigenvalue weighted by Crippen LogP contribution is 2.36. The van der Waals surface area contributed by atoms with E-state index in [4.69, 9.17) is 0 Å². The van der Waals surface area contributed by atoms with Gasteiger partial charge < -0.3 is 10.2 Å². The number of nitrogens with zero attached hydrogens (tertiary/aromatic N) is 1. The van der Waals surface area contributed by atoms with Crippen molar-refractivity contribution in [2.24, 2.45) is 5.92 Å². The number of rotatable bonds is 6. The molecule has 1 aromatic carbocycles. The fourth-order valence-corrected chi connectivity index (χ4v) is 2.31. The van der Waals surface area contributed by atoms with E-state index in [9.17, 15) is 0 Å². The predicted molar refractivity (Wildman–Crippen MR) is 74.5 cm³/mol. The molecule has 2 heteroatoms. The van der Waals surface area contributed by atoms with Gasteiger partial charge in [0, 0.05) is 25.8 Å². The van der Waals surface area contributed by atoms with Crippen molar-refractivity contribution in [2.75, 3.05) is 26.0 Å². The molecule has 2 nitrogen and oxygen atoms in total. The van der Waals surface area contributed by atoms with E-state index in [2.05, 4.69) is 55.6 Å². The van der Waals surface area contributed by atoms with Gasteiger partial charge in [-0.2, -0.15) is 0 Å². The first-order valence-corrected chi connectivity index (χ1v) is 6.65. The minimum Gasteiger partial charge on any atom is -0.378 e. The summed E-state index contributed by atoms with van der Waals surface area (Å²) in [6, 6.07) is 9.37. The third-order valence-electron chi connectivity index (χ3n) is 3.70. The van der Waals surface area contributed by atoms with Crippen molar-refractivity contribution in [3.63, 3.8) is 0 Å². The van der Waals surface area contributed by atoms with E-state index in [1.807, 2.05) is 0 Å². The Hall–Kier alpha value is -1.02. The Morgan fingerprint density at radius 3 is 2.71 bits per heavy atom. The largest absolute Gasteiger partial charge is 0.378 e. The van der Waals surface area contributed by atoms with Crippen molar-refractivity contribution >= 4 is 5.69 Å². The van der Waals surface area contributed by atoms with Gasteiger partial charge in [-0.15, -0.1) is 0 Å². The molecule has 0 bridgehead atoms. The number of benzene rings is 1. The number of anilines is 1. The van der Waals surface area contributed by atoms with E-state index in [1.54, 1.807) is 0 Å². The second kappa shape index (κ2) is 5.54. The molecule has 17 heavy (non-hydrogen) atoms. The first-order chi connectivity index (χ1) is 8.20. The summed E-state index contributed by atoms with van der Waals surface area (Å²) in [5.41, 5.74) is 2.70. The van der Waals surface area contributed by atoms with Crippen molar-refractivity contribution in [1.29, 1.82) is 0 Å². The molecule has 1 aromatic rings. The third kappa shape index (κ3) is 3.47. The Labute approximate surface area is 105 Å². The summed E-state index contributed by atoms with van der Waals surface area (Å²) < 4.78 is 0. The van der Waals surface area contributed by atoms with Crippen LogP contribution >= 0.6 is 0 Å². The summed E-state index contributed by atoms with van der Waals surface area (Å²) in [5.74, 6) is 1.02. The lowest BCUT2D eigenvalue weighted by Gasteiger charge is -2.19. The Kier molecular flexibility index (Phi) is 4.06. The molecule has 94 valence electrons. The SMILES string of the molecule is CNC(CCC1CC1)c1cccc(N(C)C)c1. The molecule has 0 aliphatic heterocycles. The molecule has 0 amide bonds. The van der Waals surface area contributed by atoms with Crippen LogP contribution in [0.5, 0.6) is 0 Å². The number of hydrogen-bond acceptors (Lipinski definition) is 2. The topological polar surface area (TPSA) is 15.3 Å². The summed E-state index contributed by atoms with van der Waals surface area (Å²) in [4.78, 5) is 2.16. The highest BCUT2D eigenvalue weighted by molar-refractivity contribution is 5.47. The first-order valence-electron chi connectivity index (χ1n) is 6.65. The van der Waals surface area contributed by atoms with E-state index >= 15 is 0 Å². The maximum absolute atomic E-state index is 3.45. The van der Waals surface area contributed by atoms with Crippen LogP contribution in [0.4, 0.5) is 5.69 Å². The minimum absolute atomic E-state index is 0.510. The van der Waals surface area contributed by atoms with Gasteiger partial charge in [-0.1, -0.05) is 25.0 Å². The number of nitrogens with one attached hydrogen (secondary N) is 1. The van der Waals surface area contributed by atoms with Crippen LogP contribution in [0.15, 0.2) is 24.3 Å². The van der Waals surface area contributed by atoms with Crippen LogP contribution in [0.3, 0.4) is 0 Å². The lowest BCUT2D eigenvalue weighted by atomic mass is 10.00. The van der Waals surface area contributed by atoms with E-state index in [1.165, 1.54) is 36.9 Å². The lowest BCUT2D eigenvalue weighted by molar-refractivity contribution is 0.506. The molecule has 0 saturated heterocycles. The van der Waals surface area contributed by atoms with Crippen molar-refractivity contribution in [3.8, 4) is 0 Å². The van der Waals surface area contributed by atoms with E-state index in [-0.39, 0.29) is 0 Å². The standard InChI is InChI=1S/C15H24N2/c1-16-15(10-9-12-7-8-12)13-5-4-6-14(11-13)17(2)3/h4-6,11-12,15-16H,7-10H2,1-3H3. The molecule has 0 aromatic heterocycles. The average Bonchev–Trinajstić information content (AvgIpc) is 3.14. The van der Waals surface area contributed by atoms with E-state index < -0.39 is 0 Å². The van der Waals surface area contributed by atoms with Gasteiger partial charge in [0.05, 0.1) is 0 Å². The molecule has 1 saturated carbocycles. The van der Waals surface area contributed by atoms with Gasteiger partial charge in [0.15, 0.2) is 0 Å². The van der Waals surface area contributed by atoms with Crippen LogP contribution in [0.1, 0.15) is 37.3 Å². The Bertz CT molecular complexity index is 356. The summed E-state index contributed by atoms with van der Waals surface area (Å²) in [6.45, 7) is 0. The second-order valence-corrected chi connectivity index (χ2v) is 5.35. The maximum atomic E-state index is 3.45. The van der Waals surface area contributed by atoms with Gasteiger partial charge in [0.2, 0.25) is 0 Å². The molecule has 0 heterocycles. The van der Waals surface area contributed by atoms with Gasteiger partial charge in [-0.25, -0.2) is 0 Å². The van der Waals surface area contributed by atoms with Crippen LogP contribution < -0.4 is 10.2 Å². The third-order valence-corrected chi connectivity index (χ3v) is 3.70. The van der Waals surface area contributed by atoms with Gasteiger partial charge in [0.25, 0.3) is 0 Å². The van der Waals surface area contributed by atoms with Gasteiger partial charge in [-0.3, -0.25) is 0 Å². The molecular formula is C15H24N2. The molecular weight excluding hydrogens is 208 g/mol. The molecule has 2 rings (SSSR count). The zero-order valence-electron chi connectivity index (χ0n) is 11.2. The molecule has 1 unspecified atom stereocenters. The Balaban J connectivity index is 2.03. The quantitative estimate of drug-likeness (QED) is 0.810. The van der Waals surface area contributed by atoms with Gasteiger partial charge in [0.1, 0.15) is 0 Å². The second-order valence-electron chi connectivity index (χ2n) is 5.35. The van der Waals surface area contributed by atoms with E-state index in [0.29, 0.717) is 6.04 Å². The predicted octanol–water partition coefficient (Wildman–Crippen LogP) is 3.20. The molecule has 0 radical (unpaired) electrons. The highest BCUT2D eigenvalue weighted by Gasteiger charge is 2.22. The maximum Gasteiger partial charge on any atom is 0.0364 e. The van der Waals surface area contributed by atoms with Gasteiger partial charge >= 0.3 is 0 Å². The summed E-state index contributed by atoms with van der Waals surface area (Å²) in [6.07, 6.45) is 5.54. The fourth-order valence-electron chi connectivity index (χ4n) is 2.31. The first kappa shape index (κ1) is 12.4. The number of hydrogen-bond donors (Lipinski definition) is 1. The van der Waals surface area contributed by atoms with Crippen LogP contribution in [0.25, 0.3) is 0 Å². The lowest BCUT2D eigenvalue weighted by Crippen LogP contribution is -2.17. The van der Waals surface area contributed by atoms with Crippen molar-refractivity contribution < 1.29 is 0 Å².